The lowest BCUT2D eigenvalue weighted by atomic mass is 10.1. The second-order valence-corrected chi connectivity index (χ2v) is 10.9. The minimum absolute atomic E-state index is 0.233. The summed E-state index contributed by atoms with van der Waals surface area (Å²) in [6.07, 6.45) is 5.20. The maximum atomic E-state index is 5.59. The Bertz CT molecular complexity index is 484. The number of hydrogen-bond donors (Lipinski definition) is 0. The van der Waals surface area contributed by atoms with Crippen molar-refractivity contribution in [3.8, 4) is 0 Å². The lowest BCUT2D eigenvalue weighted by Crippen LogP contribution is -2.15. The van der Waals surface area contributed by atoms with Gasteiger partial charge in [0, 0.05) is 6.61 Å². The van der Waals surface area contributed by atoms with Crippen molar-refractivity contribution in [2.24, 2.45) is 5.92 Å². The molecule has 0 aliphatic heterocycles. The lowest BCUT2D eigenvalue weighted by molar-refractivity contribution is -0.0293. The van der Waals surface area contributed by atoms with Crippen molar-refractivity contribution in [1.29, 1.82) is 0 Å². The molecule has 0 spiro atoms. The molecule has 0 bridgehead atoms. The molecule has 0 rings (SSSR count). The molecule has 0 aliphatic rings. The van der Waals surface area contributed by atoms with Gasteiger partial charge in [-0.05, 0) is 26.2 Å². The van der Waals surface area contributed by atoms with Crippen LogP contribution >= 0.6 is 0 Å². The van der Waals surface area contributed by atoms with Gasteiger partial charge in [-0.1, -0.05) is 33.1 Å². The minimum Gasteiger partial charge on any atom is -0.379 e. The molecule has 0 unspecified atom stereocenters. The highest BCUT2D eigenvalue weighted by Gasteiger charge is 1.98. The van der Waals surface area contributed by atoms with Crippen LogP contribution in [0.25, 0.3) is 0 Å². The molecule has 0 atom stereocenters. The van der Waals surface area contributed by atoms with Gasteiger partial charge in [-0.3, -0.25) is 0 Å². The van der Waals surface area contributed by atoms with Crippen molar-refractivity contribution in [2.45, 2.75) is 59.5 Å². The summed E-state index contributed by atoms with van der Waals surface area (Å²) in [6.45, 7) is 21.4. The third-order valence-corrected chi connectivity index (χ3v) is 5.97. The minimum atomic E-state index is 0.233. The second kappa shape index (κ2) is 39.7. The van der Waals surface area contributed by atoms with Crippen molar-refractivity contribution in [3.63, 3.8) is 0 Å². The summed E-state index contributed by atoms with van der Waals surface area (Å²) in [6, 6.07) is 0. The van der Waals surface area contributed by atoms with E-state index in [0.717, 1.165) is 18.9 Å². The van der Waals surface area contributed by atoms with Crippen molar-refractivity contribution in [2.75, 3.05) is 152 Å². The molecular formula is C33H68O12. The third-order valence-electron chi connectivity index (χ3n) is 5.97. The van der Waals surface area contributed by atoms with Gasteiger partial charge in [0.1, 0.15) is 0 Å². The average Bonchev–Trinajstić information content (AvgIpc) is 3.02. The Kier molecular flexibility index (Phi) is 39.3. The topological polar surface area (TPSA) is 111 Å². The third kappa shape index (κ3) is 43.5. The van der Waals surface area contributed by atoms with Crippen LogP contribution in [0.4, 0.5) is 0 Å². The molecule has 0 aliphatic carbocycles. The highest BCUT2D eigenvalue weighted by molar-refractivity contribution is 4.47. The molecule has 0 aromatic carbocycles. The van der Waals surface area contributed by atoms with Gasteiger partial charge in [-0.15, -0.1) is 0 Å². The summed E-state index contributed by atoms with van der Waals surface area (Å²) in [4.78, 5) is 0. The maximum Gasteiger partial charge on any atom is 0.0703 e. The van der Waals surface area contributed by atoms with E-state index in [-0.39, 0.29) is 6.10 Å². The molecule has 0 aromatic heterocycles. The van der Waals surface area contributed by atoms with E-state index in [0.29, 0.717) is 145 Å². The van der Waals surface area contributed by atoms with Crippen molar-refractivity contribution in [3.05, 3.63) is 0 Å². The first-order valence-corrected chi connectivity index (χ1v) is 17.1. The Hall–Kier alpha value is -0.480. The summed E-state index contributed by atoms with van der Waals surface area (Å²) in [5.74, 6) is 0.793. The number of ether oxygens (including phenoxy) is 12. The molecule has 0 saturated carbocycles. The van der Waals surface area contributed by atoms with E-state index >= 15 is 0 Å². The van der Waals surface area contributed by atoms with E-state index in [9.17, 15) is 0 Å². The molecule has 0 fully saturated rings. The summed E-state index contributed by atoms with van der Waals surface area (Å²) >= 11 is 0. The first kappa shape index (κ1) is 44.5. The van der Waals surface area contributed by atoms with Crippen LogP contribution in [0.15, 0.2) is 0 Å². The predicted molar refractivity (Wildman–Crippen MR) is 173 cm³/mol. The summed E-state index contributed by atoms with van der Waals surface area (Å²) in [5, 5.41) is 0. The zero-order chi connectivity index (χ0) is 32.7. The van der Waals surface area contributed by atoms with Crippen LogP contribution < -0.4 is 0 Å². The van der Waals surface area contributed by atoms with Crippen molar-refractivity contribution in [1.82, 2.24) is 0 Å². The van der Waals surface area contributed by atoms with Gasteiger partial charge >= 0.3 is 0 Å². The normalized spacial score (nSPS) is 11.9. The van der Waals surface area contributed by atoms with E-state index in [4.69, 9.17) is 56.8 Å². The van der Waals surface area contributed by atoms with Gasteiger partial charge in [0.25, 0.3) is 0 Å². The average molecular weight is 657 g/mol. The largest absolute Gasteiger partial charge is 0.379 e. The summed E-state index contributed by atoms with van der Waals surface area (Å²) in [5.41, 5.74) is 0. The fourth-order valence-electron chi connectivity index (χ4n) is 3.58. The van der Waals surface area contributed by atoms with E-state index < -0.39 is 0 Å². The van der Waals surface area contributed by atoms with Gasteiger partial charge in [0.15, 0.2) is 0 Å². The van der Waals surface area contributed by atoms with Crippen LogP contribution in [0.2, 0.25) is 0 Å². The zero-order valence-corrected chi connectivity index (χ0v) is 29.1. The van der Waals surface area contributed by atoms with Crippen molar-refractivity contribution < 1.29 is 56.8 Å². The van der Waals surface area contributed by atoms with Gasteiger partial charge in [0.05, 0.1) is 151 Å². The molecule has 12 nitrogen and oxygen atoms in total. The summed E-state index contributed by atoms with van der Waals surface area (Å²) in [7, 11) is 0. The first-order valence-electron chi connectivity index (χ1n) is 17.1. The fourth-order valence-corrected chi connectivity index (χ4v) is 3.58. The fraction of sp³-hybridized carbons (Fsp3) is 1.00. The van der Waals surface area contributed by atoms with Crippen LogP contribution in [0.5, 0.6) is 0 Å². The Balaban J connectivity index is 3.04. The Morgan fingerprint density at radius 1 is 0.267 bits per heavy atom. The van der Waals surface area contributed by atoms with Gasteiger partial charge < -0.3 is 56.8 Å². The smallest absolute Gasteiger partial charge is 0.0703 e. The predicted octanol–water partition coefficient (Wildman–Crippen LogP) is 3.81. The molecule has 0 aromatic rings. The molecule has 0 saturated heterocycles. The van der Waals surface area contributed by atoms with E-state index in [1.807, 2.05) is 13.8 Å². The zero-order valence-electron chi connectivity index (χ0n) is 29.1. The lowest BCUT2D eigenvalue weighted by Gasteiger charge is -2.09. The van der Waals surface area contributed by atoms with E-state index in [1.54, 1.807) is 0 Å². The van der Waals surface area contributed by atoms with E-state index in [1.165, 1.54) is 19.3 Å². The van der Waals surface area contributed by atoms with Crippen LogP contribution in [0.1, 0.15) is 53.4 Å². The molecule has 0 heterocycles. The number of rotatable bonds is 40. The molecule has 272 valence electrons. The SMILES string of the molecule is CC(C)CCCCCOCCOCCOCCOCCOCCOCCOCCOCCOCCOCCOCCOC(C)C. The maximum absolute atomic E-state index is 5.59. The molecule has 0 N–H and O–H groups in total. The second-order valence-electron chi connectivity index (χ2n) is 10.9. The van der Waals surface area contributed by atoms with Crippen LogP contribution in [-0.4, -0.2) is 158 Å². The van der Waals surface area contributed by atoms with Crippen LogP contribution in [-0.2, 0) is 56.8 Å². The summed E-state index contributed by atoms with van der Waals surface area (Å²) < 4.78 is 65.7. The van der Waals surface area contributed by atoms with Crippen LogP contribution in [0.3, 0.4) is 0 Å². The molecular weight excluding hydrogens is 588 g/mol. The first-order chi connectivity index (χ1) is 22.1. The standard InChI is InChI=1S/C33H68O12/c1-32(2)8-6-5-7-9-34-10-11-35-12-13-36-14-15-37-16-17-38-18-19-39-20-21-40-22-23-41-24-25-42-26-27-43-28-29-44-30-31-45-33(3)4/h32-33H,5-31H2,1-4H3. The molecule has 12 heteroatoms. The molecule has 0 amide bonds. The highest BCUT2D eigenvalue weighted by atomic mass is 16.6. The Morgan fingerprint density at radius 2 is 0.511 bits per heavy atom. The monoisotopic (exact) mass is 656 g/mol. The molecule has 0 radical (unpaired) electrons. The van der Waals surface area contributed by atoms with Gasteiger partial charge in [-0.2, -0.15) is 0 Å². The van der Waals surface area contributed by atoms with Gasteiger partial charge in [-0.25, -0.2) is 0 Å². The highest BCUT2D eigenvalue weighted by Crippen LogP contribution is 2.07. The Morgan fingerprint density at radius 3 is 0.756 bits per heavy atom. The van der Waals surface area contributed by atoms with E-state index in [2.05, 4.69) is 13.8 Å². The van der Waals surface area contributed by atoms with Crippen molar-refractivity contribution >= 4 is 0 Å². The Labute approximate surface area is 274 Å². The number of unbranched alkanes of at least 4 members (excludes halogenated alkanes) is 2. The van der Waals surface area contributed by atoms with Crippen LogP contribution in [0, 0.1) is 5.92 Å². The van der Waals surface area contributed by atoms with Gasteiger partial charge in [0.2, 0.25) is 0 Å². The quantitative estimate of drug-likeness (QED) is 0.0895. The number of hydrogen-bond acceptors (Lipinski definition) is 12. The molecule has 45 heavy (non-hydrogen) atoms.